The molecule has 1 aromatic heterocycles. The quantitative estimate of drug-likeness (QED) is 0.561. The number of rotatable bonds is 7. The minimum absolute atomic E-state index is 0.0586. The number of aromatic amines is 1. The Hall–Kier alpha value is -2.77. The van der Waals surface area contributed by atoms with Crippen LogP contribution >= 0.6 is 0 Å². The number of H-pyrrole nitrogens is 1. The molecule has 3 rings (SSSR count). The van der Waals surface area contributed by atoms with Crippen LogP contribution in [0.2, 0.25) is 0 Å². The van der Waals surface area contributed by atoms with Crippen LogP contribution in [0.15, 0.2) is 35.6 Å². The van der Waals surface area contributed by atoms with Gasteiger partial charge in [0.1, 0.15) is 18.3 Å². The lowest BCUT2D eigenvalue weighted by molar-refractivity contribution is 0.218. The summed E-state index contributed by atoms with van der Waals surface area (Å²) >= 11 is 0. The third-order valence-electron chi connectivity index (χ3n) is 4.85. The van der Waals surface area contributed by atoms with Crippen LogP contribution in [-0.2, 0) is 0 Å². The Labute approximate surface area is 166 Å². The molecular formula is C20H30N6O2. The van der Waals surface area contributed by atoms with Gasteiger partial charge < -0.3 is 19.7 Å². The van der Waals surface area contributed by atoms with Crippen molar-refractivity contribution >= 4 is 5.96 Å². The van der Waals surface area contributed by atoms with Crippen LogP contribution in [0.4, 0.5) is 0 Å². The van der Waals surface area contributed by atoms with Crippen molar-refractivity contribution in [2.45, 2.75) is 38.7 Å². The first kappa shape index (κ1) is 20.0. The van der Waals surface area contributed by atoms with Crippen LogP contribution in [0.1, 0.15) is 38.4 Å². The zero-order valence-electron chi connectivity index (χ0n) is 16.9. The van der Waals surface area contributed by atoms with E-state index < -0.39 is 0 Å². The topological polar surface area (TPSA) is 87.7 Å². The van der Waals surface area contributed by atoms with E-state index in [0.717, 1.165) is 55.8 Å². The van der Waals surface area contributed by atoms with Gasteiger partial charge in [0.05, 0.1) is 13.7 Å². The molecule has 2 aromatic rings. The van der Waals surface area contributed by atoms with Gasteiger partial charge in [-0.3, -0.25) is 5.10 Å². The van der Waals surface area contributed by atoms with Crippen LogP contribution in [0.3, 0.4) is 0 Å². The van der Waals surface area contributed by atoms with Gasteiger partial charge in [-0.25, -0.2) is 9.98 Å². The van der Waals surface area contributed by atoms with Gasteiger partial charge in [-0.15, -0.1) is 0 Å². The number of likely N-dealkylation sites (tertiary alicyclic amines) is 1. The van der Waals surface area contributed by atoms with Crippen LogP contribution in [0, 0.1) is 0 Å². The molecule has 0 aliphatic carbocycles. The van der Waals surface area contributed by atoms with Crippen molar-refractivity contribution in [3.05, 3.63) is 36.4 Å². The summed E-state index contributed by atoms with van der Waals surface area (Å²) < 4.78 is 11.4. The Morgan fingerprint density at radius 1 is 1.32 bits per heavy atom. The van der Waals surface area contributed by atoms with E-state index in [4.69, 9.17) is 14.5 Å². The van der Waals surface area contributed by atoms with Crippen molar-refractivity contribution in [1.82, 2.24) is 25.4 Å². The van der Waals surface area contributed by atoms with Crippen LogP contribution in [0.5, 0.6) is 11.5 Å². The Kier molecular flexibility index (Phi) is 7.11. The fraction of sp³-hybridized carbons (Fsp3) is 0.550. The van der Waals surface area contributed by atoms with Gasteiger partial charge in [-0.1, -0.05) is 12.1 Å². The van der Waals surface area contributed by atoms with Crippen molar-refractivity contribution in [1.29, 1.82) is 0 Å². The summed E-state index contributed by atoms with van der Waals surface area (Å²) in [6, 6.07) is 7.68. The number of nitrogens with zero attached hydrogens (tertiary/aromatic N) is 4. The average Bonchev–Trinajstić information content (AvgIpc) is 3.26. The fourth-order valence-corrected chi connectivity index (χ4v) is 3.39. The largest absolute Gasteiger partial charge is 0.493 e. The molecular weight excluding hydrogens is 356 g/mol. The molecule has 28 heavy (non-hydrogen) atoms. The highest BCUT2D eigenvalue weighted by atomic mass is 16.5. The molecule has 1 aliphatic heterocycles. The summed E-state index contributed by atoms with van der Waals surface area (Å²) in [6.07, 6.45) is 3.59. The van der Waals surface area contributed by atoms with Gasteiger partial charge in [0, 0.05) is 25.6 Å². The highest BCUT2D eigenvalue weighted by Gasteiger charge is 2.24. The molecule has 0 bridgehead atoms. The highest BCUT2D eigenvalue weighted by Crippen LogP contribution is 2.27. The minimum atomic E-state index is -0.0586. The number of guanidine groups is 1. The van der Waals surface area contributed by atoms with Gasteiger partial charge in [0.15, 0.2) is 17.5 Å². The third kappa shape index (κ3) is 5.15. The molecule has 1 saturated heterocycles. The Morgan fingerprint density at radius 3 is 2.71 bits per heavy atom. The van der Waals surface area contributed by atoms with E-state index in [2.05, 4.69) is 32.3 Å². The smallest absolute Gasteiger partial charge is 0.194 e. The number of para-hydroxylation sites is 2. The number of hydrogen-bond acceptors (Lipinski definition) is 5. The Morgan fingerprint density at radius 2 is 2.07 bits per heavy atom. The molecule has 2 heterocycles. The number of aliphatic imine (C=N–C) groups is 1. The zero-order chi connectivity index (χ0) is 19.8. The van der Waals surface area contributed by atoms with E-state index >= 15 is 0 Å². The van der Waals surface area contributed by atoms with E-state index in [1.165, 1.54) is 0 Å². The van der Waals surface area contributed by atoms with Crippen LogP contribution in [0.25, 0.3) is 0 Å². The van der Waals surface area contributed by atoms with Gasteiger partial charge in [0.25, 0.3) is 0 Å². The molecule has 1 aromatic carbocycles. The zero-order valence-corrected chi connectivity index (χ0v) is 16.9. The Bertz CT molecular complexity index is 741. The first-order chi connectivity index (χ1) is 13.7. The normalized spacial score (nSPS) is 16.7. The molecule has 1 atom stereocenters. The number of ether oxygens (including phenoxy) is 2. The second-order valence-corrected chi connectivity index (χ2v) is 6.91. The predicted molar refractivity (Wildman–Crippen MR) is 109 cm³/mol. The van der Waals surface area contributed by atoms with Gasteiger partial charge in [-0.2, -0.15) is 5.10 Å². The van der Waals surface area contributed by atoms with E-state index in [1.54, 1.807) is 13.4 Å². The number of benzene rings is 1. The minimum Gasteiger partial charge on any atom is -0.493 e. The third-order valence-corrected chi connectivity index (χ3v) is 4.85. The van der Waals surface area contributed by atoms with E-state index in [-0.39, 0.29) is 6.10 Å². The van der Waals surface area contributed by atoms with E-state index in [9.17, 15) is 0 Å². The summed E-state index contributed by atoms with van der Waals surface area (Å²) in [5, 5.41) is 10.4. The maximum atomic E-state index is 6.02. The number of nitrogens with one attached hydrogen (secondary N) is 2. The van der Waals surface area contributed by atoms with Crippen molar-refractivity contribution in [2.75, 3.05) is 33.3 Å². The molecule has 0 spiro atoms. The number of piperidine rings is 1. The monoisotopic (exact) mass is 386 g/mol. The standard InChI is InChI=1S/C20H30N6O2/c1-4-21-20(26-11-9-16(10-12-26)19-23-14-24-25-19)22-13-15(2)28-18-8-6-5-7-17(18)27-3/h5-8,14-16H,4,9-13H2,1-3H3,(H,21,22)(H,23,24,25). The second kappa shape index (κ2) is 9.96. The molecule has 1 unspecified atom stereocenters. The number of methoxy groups -OCH3 is 1. The summed E-state index contributed by atoms with van der Waals surface area (Å²) in [6.45, 7) is 7.41. The number of hydrogen-bond donors (Lipinski definition) is 2. The first-order valence-electron chi connectivity index (χ1n) is 9.89. The number of aromatic nitrogens is 3. The van der Waals surface area contributed by atoms with Gasteiger partial charge in [0.2, 0.25) is 0 Å². The maximum Gasteiger partial charge on any atom is 0.194 e. The second-order valence-electron chi connectivity index (χ2n) is 6.91. The Balaban J connectivity index is 1.56. The van der Waals surface area contributed by atoms with Crippen LogP contribution in [-0.4, -0.2) is 65.4 Å². The lowest BCUT2D eigenvalue weighted by Crippen LogP contribution is -2.45. The summed E-state index contributed by atoms with van der Waals surface area (Å²) in [5.74, 6) is 3.84. The molecule has 2 N–H and O–H groups in total. The SMILES string of the molecule is CCNC(=NCC(C)Oc1ccccc1OC)N1CCC(c2ncn[nH]2)CC1. The van der Waals surface area contributed by atoms with Crippen molar-refractivity contribution in [3.8, 4) is 11.5 Å². The predicted octanol–water partition coefficient (Wildman–Crippen LogP) is 2.43. The lowest BCUT2D eigenvalue weighted by Gasteiger charge is -2.33. The van der Waals surface area contributed by atoms with Crippen molar-refractivity contribution in [3.63, 3.8) is 0 Å². The maximum absolute atomic E-state index is 6.02. The summed E-state index contributed by atoms with van der Waals surface area (Å²) in [7, 11) is 1.65. The summed E-state index contributed by atoms with van der Waals surface area (Å²) in [4.78, 5) is 11.4. The molecule has 8 heteroatoms. The molecule has 1 fully saturated rings. The molecule has 0 amide bonds. The first-order valence-corrected chi connectivity index (χ1v) is 9.89. The van der Waals surface area contributed by atoms with Crippen molar-refractivity contribution < 1.29 is 9.47 Å². The molecule has 8 nitrogen and oxygen atoms in total. The highest BCUT2D eigenvalue weighted by molar-refractivity contribution is 5.80. The lowest BCUT2D eigenvalue weighted by atomic mass is 9.96. The molecule has 0 saturated carbocycles. The van der Waals surface area contributed by atoms with Gasteiger partial charge >= 0.3 is 0 Å². The average molecular weight is 387 g/mol. The molecule has 152 valence electrons. The summed E-state index contributed by atoms with van der Waals surface area (Å²) in [5.41, 5.74) is 0. The van der Waals surface area contributed by atoms with Crippen LogP contribution < -0.4 is 14.8 Å². The van der Waals surface area contributed by atoms with E-state index in [1.807, 2.05) is 31.2 Å². The van der Waals surface area contributed by atoms with E-state index in [0.29, 0.717) is 12.5 Å². The molecule has 0 radical (unpaired) electrons. The van der Waals surface area contributed by atoms with Crippen molar-refractivity contribution in [2.24, 2.45) is 4.99 Å². The fourth-order valence-electron chi connectivity index (χ4n) is 3.39. The van der Waals surface area contributed by atoms with Gasteiger partial charge in [-0.05, 0) is 38.8 Å². The molecule has 1 aliphatic rings.